The average Bonchev–Trinajstić information content (AvgIpc) is 2.35. The van der Waals surface area contributed by atoms with Gasteiger partial charge in [-0.05, 0) is 20.3 Å². The first-order valence-electron chi connectivity index (χ1n) is 6.04. The number of aromatic nitrogens is 2. The van der Waals surface area contributed by atoms with Crippen molar-refractivity contribution in [3.05, 3.63) is 18.1 Å². The molecule has 0 saturated heterocycles. The van der Waals surface area contributed by atoms with E-state index in [9.17, 15) is 9.90 Å². The van der Waals surface area contributed by atoms with Crippen molar-refractivity contribution in [1.82, 2.24) is 14.9 Å². The topological polar surface area (TPSA) is 78.4 Å². The lowest BCUT2D eigenvalue weighted by atomic mass is 10.2. The predicted molar refractivity (Wildman–Crippen MR) is 69.5 cm³/mol. The molecule has 0 aliphatic heterocycles. The third kappa shape index (κ3) is 4.29. The predicted octanol–water partition coefficient (Wildman–Crippen LogP) is 0.751. The summed E-state index contributed by atoms with van der Waals surface area (Å²) in [5.74, 6) is 0.398. The summed E-state index contributed by atoms with van der Waals surface area (Å²) in [6.45, 7) is 4.86. The van der Waals surface area contributed by atoms with Gasteiger partial charge in [0, 0.05) is 20.1 Å². The van der Waals surface area contributed by atoms with Crippen molar-refractivity contribution in [3.8, 4) is 0 Å². The van der Waals surface area contributed by atoms with Gasteiger partial charge in [0.1, 0.15) is 11.5 Å². The van der Waals surface area contributed by atoms with E-state index < -0.39 is 6.10 Å². The SMILES string of the molecule is CCNc1cncc(C(=O)N(C)CCC(C)O)n1. The first-order valence-corrected chi connectivity index (χ1v) is 6.04. The molecule has 6 nitrogen and oxygen atoms in total. The van der Waals surface area contributed by atoms with E-state index in [0.717, 1.165) is 6.54 Å². The number of aliphatic hydroxyl groups is 1. The Labute approximate surface area is 107 Å². The highest BCUT2D eigenvalue weighted by molar-refractivity contribution is 5.92. The van der Waals surface area contributed by atoms with Crippen molar-refractivity contribution in [2.75, 3.05) is 25.5 Å². The first kappa shape index (κ1) is 14.4. The molecule has 0 saturated carbocycles. The minimum Gasteiger partial charge on any atom is -0.393 e. The number of amides is 1. The Balaban J connectivity index is 2.67. The fourth-order valence-corrected chi connectivity index (χ4v) is 1.41. The smallest absolute Gasteiger partial charge is 0.273 e. The molecule has 0 aliphatic carbocycles. The maximum atomic E-state index is 12.0. The Kier molecular flexibility index (Phi) is 5.51. The van der Waals surface area contributed by atoms with E-state index in [1.165, 1.54) is 11.1 Å². The standard InChI is InChI=1S/C12H20N4O2/c1-4-14-11-8-13-7-10(15-11)12(18)16(3)6-5-9(2)17/h7-9,17H,4-6H2,1-3H3,(H,14,15). The van der Waals surface area contributed by atoms with Crippen molar-refractivity contribution in [2.45, 2.75) is 26.4 Å². The van der Waals surface area contributed by atoms with Crippen LogP contribution in [-0.4, -0.2) is 52.1 Å². The van der Waals surface area contributed by atoms with E-state index in [1.54, 1.807) is 20.2 Å². The lowest BCUT2D eigenvalue weighted by Crippen LogP contribution is -2.30. The van der Waals surface area contributed by atoms with Gasteiger partial charge in [0.25, 0.3) is 5.91 Å². The lowest BCUT2D eigenvalue weighted by Gasteiger charge is -2.17. The van der Waals surface area contributed by atoms with E-state index >= 15 is 0 Å². The third-order valence-electron chi connectivity index (χ3n) is 2.44. The van der Waals surface area contributed by atoms with Crippen molar-refractivity contribution < 1.29 is 9.90 Å². The second kappa shape index (κ2) is 6.90. The van der Waals surface area contributed by atoms with Gasteiger partial charge < -0.3 is 15.3 Å². The summed E-state index contributed by atoms with van der Waals surface area (Å²) in [6.07, 6.45) is 3.15. The zero-order valence-electron chi connectivity index (χ0n) is 11.1. The van der Waals surface area contributed by atoms with Gasteiger partial charge in [-0.3, -0.25) is 9.78 Å². The Morgan fingerprint density at radius 2 is 2.28 bits per heavy atom. The molecule has 1 amide bonds. The Hall–Kier alpha value is -1.69. The third-order valence-corrected chi connectivity index (χ3v) is 2.44. The number of nitrogens with zero attached hydrogens (tertiary/aromatic N) is 3. The molecule has 0 aromatic carbocycles. The summed E-state index contributed by atoms with van der Waals surface area (Å²) >= 11 is 0. The van der Waals surface area contributed by atoms with Gasteiger partial charge in [0.2, 0.25) is 0 Å². The van der Waals surface area contributed by atoms with Crippen LogP contribution < -0.4 is 5.32 Å². The molecule has 1 aromatic rings. The van der Waals surface area contributed by atoms with E-state index in [2.05, 4.69) is 15.3 Å². The number of hydrogen-bond donors (Lipinski definition) is 2. The largest absolute Gasteiger partial charge is 0.393 e. The van der Waals surface area contributed by atoms with Crippen LogP contribution >= 0.6 is 0 Å². The molecule has 0 aliphatic rings. The average molecular weight is 252 g/mol. The highest BCUT2D eigenvalue weighted by Crippen LogP contribution is 2.05. The van der Waals surface area contributed by atoms with Crippen molar-refractivity contribution in [3.63, 3.8) is 0 Å². The monoisotopic (exact) mass is 252 g/mol. The van der Waals surface area contributed by atoms with Gasteiger partial charge in [-0.15, -0.1) is 0 Å². The molecule has 100 valence electrons. The summed E-state index contributed by atoms with van der Waals surface area (Å²) < 4.78 is 0. The molecule has 18 heavy (non-hydrogen) atoms. The highest BCUT2D eigenvalue weighted by atomic mass is 16.3. The fourth-order valence-electron chi connectivity index (χ4n) is 1.41. The molecule has 0 bridgehead atoms. The summed E-state index contributed by atoms with van der Waals surface area (Å²) in [5, 5.41) is 12.2. The zero-order valence-corrected chi connectivity index (χ0v) is 11.1. The lowest BCUT2D eigenvalue weighted by molar-refractivity contribution is 0.0763. The number of carbonyl (C=O) groups is 1. The molecule has 1 rings (SSSR count). The Bertz CT molecular complexity index is 395. The molecule has 6 heteroatoms. The number of nitrogens with one attached hydrogen (secondary N) is 1. The van der Waals surface area contributed by atoms with Crippen LogP contribution in [0.4, 0.5) is 5.82 Å². The molecular weight excluding hydrogens is 232 g/mol. The van der Waals surface area contributed by atoms with Crippen molar-refractivity contribution in [2.24, 2.45) is 0 Å². The van der Waals surface area contributed by atoms with Crippen LogP contribution in [0.1, 0.15) is 30.8 Å². The Morgan fingerprint density at radius 3 is 2.89 bits per heavy atom. The molecule has 0 fully saturated rings. The van der Waals surface area contributed by atoms with Gasteiger partial charge >= 0.3 is 0 Å². The minimum absolute atomic E-state index is 0.192. The summed E-state index contributed by atoms with van der Waals surface area (Å²) in [5.41, 5.74) is 0.307. The van der Waals surface area contributed by atoms with Crippen LogP contribution in [0.5, 0.6) is 0 Å². The van der Waals surface area contributed by atoms with Gasteiger partial charge in [0.05, 0.1) is 18.5 Å². The van der Waals surface area contributed by atoms with Crippen molar-refractivity contribution in [1.29, 1.82) is 0 Å². The molecule has 1 atom stereocenters. The Morgan fingerprint density at radius 1 is 1.56 bits per heavy atom. The van der Waals surface area contributed by atoms with Crippen LogP contribution in [0.25, 0.3) is 0 Å². The molecule has 1 heterocycles. The highest BCUT2D eigenvalue weighted by Gasteiger charge is 2.14. The van der Waals surface area contributed by atoms with Crippen LogP contribution in [0.2, 0.25) is 0 Å². The first-order chi connectivity index (χ1) is 8.54. The number of rotatable bonds is 6. The number of hydrogen-bond acceptors (Lipinski definition) is 5. The van der Waals surface area contributed by atoms with Gasteiger partial charge in [-0.1, -0.05) is 0 Å². The maximum Gasteiger partial charge on any atom is 0.273 e. The summed E-state index contributed by atoms with van der Waals surface area (Å²) in [6, 6.07) is 0. The van der Waals surface area contributed by atoms with Crippen molar-refractivity contribution >= 4 is 11.7 Å². The van der Waals surface area contributed by atoms with Gasteiger partial charge in [-0.2, -0.15) is 0 Å². The normalized spacial score (nSPS) is 12.0. The molecule has 0 radical (unpaired) electrons. The van der Waals surface area contributed by atoms with Gasteiger partial charge in [-0.25, -0.2) is 4.98 Å². The summed E-state index contributed by atoms with van der Waals surface area (Å²) in [4.78, 5) is 21.7. The number of carbonyl (C=O) groups excluding carboxylic acids is 1. The van der Waals surface area contributed by atoms with E-state index in [-0.39, 0.29) is 5.91 Å². The zero-order chi connectivity index (χ0) is 13.5. The second-order valence-electron chi connectivity index (χ2n) is 4.18. The molecule has 1 unspecified atom stereocenters. The molecule has 1 aromatic heterocycles. The van der Waals surface area contributed by atoms with Crippen LogP contribution in [0.3, 0.4) is 0 Å². The van der Waals surface area contributed by atoms with Crippen LogP contribution in [0.15, 0.2) is 12.4 Å². The molecule has 2 N–H and O–H groups in total. The second-order valence-corrected chi connectivity index (χ2v) is 4.18. The quantitative estimate of drug-likeness (QED) is 0.781. The van der Waals surface area contributed by atoms with E-state index in [1.807, 2.05) is 6.92 Å². The minimum atomic E-state index is -0.417. The van der Waals surface area contributed by atoms with E-state index in [4.69, 9.17) is 0 Å². The molecule has 0 spiro atoms. The fraction of sp³-hybridized carbons (Fsp3) is 0.583. The van der Waals surface area contributed by atoms with Crippen LogP contribution in [-0.2, 0) is 0 Å². The van der Waals surface area contributed by atoms with Gasteiger partial charge in [0.15, 0.2) is 0 Å². The van der Waals surface area contributed by atoms with Crippen LogP contribution in [0, 0.1) is 0 Å². The number of anilines is 1. The number of aliphatic hydroxyl groups excluding tert-OH is 1. The van der Waals surface area contributed by atoms with E-state index in [0.29, 0.717) is 24.5 Å². The molecular formula is C12H20N4O2. The summed E-state index contributed by atoms with van der Waals surface area (Å²) in [7, 11) is 1.69. The maximum absolute atomic E-state index is 12.0.